The Hall–Kier alpha value is -1.41. The SMILES string of the molecule is Cc1ncc(S(=O)(=O)NCCNC(=O)C(C)C)[nH]1. The molecular formula is C10H18N4O3S. The topological polar surface area (TPSA) is 104 Å². The number of sulfonamides is 1. The number of carbonyl (C=O) groups is 1. The lowest BCUT2D eigenvalue weighted by molar-refractivity contribution is -0.123. The van der Waals surface area contributed by atoms with Crippen molar-refractivity contribution in [3.63, 3.8) is 0 Å². The van der Waals surface area contributed by atoms with Gasteiger partial charge in [0, 0.05) is 19.0 Å². The summed E-state index contributed by atoms with van der Waals surface area (Å²) in [6.07, 6.45) is 1.25. The molecule has 3 N–H and O–H groups in total. The molecule has 0 saturated heterocycles. The third-order valence-electron chi connectivity index (χ3n) is 2.21. The molecule has 0 aromatic carbocycles. The number of imidazole rings is 1. The predicted molar refractivity (Wildman–Crippen MR) is 66.4 cm³/mol. The number of aromatic amines is 1. The Labute approximate surface area is 106 Å². The van der Waals surface area contributed by atoms with Crippen LogP contribution < -0.4 is 10.0 Å². The van der Waals surface area contributed by atoms with Gasteiger partial charge in [0.25, 0.3) is 10.0 Å². The maximum atomic E-state index is 11.7. The minimum absolute atomic E-state index is 0.0233. The Morgan fingerprint density at radius 3 is 2.61 bits per heavy atom. The zero-order valence-electron chi connectivity index (χ0n) is 10.6. The average molecular weight is 274 g/mol. The van der Waals surface area contributed by atoms with Crippen LogP contribution in [0.15, 0.2) is 11.2 Å². The number of hydrogen-bond donors (Lipinski definition) is 3. The zero-order valence-corrected chi connectivity index (χ0v) is 11.5. The number of nitrogens with one attached hydrogen (secondary N) is 3. The van der Waals surface area contributed by atoms with Gasteiger partial charge in [-0.25, -0.2) is 18.1 Å². The van der Waals surface area contributed by atoms with Gasteiger partial charge in [-0.2, -0.15) is 0 Å². The van der Waals surface area contributed by atoms with E-state index < -0.39 is 10.0 Å². The second-order valence-electron chi connectivity index (χ2n) is 4.18. The fourth-order valence-corrected chi connectivity index (χ4v) is 2.19. The molecule has 1 rings (SSSR count). The molecule has 1 amide bonds. The molecule has 0 aliphatic heterocycles. The van der Waals surface area contributed by atoms with E-state index in [4.69, 9.17) is 0 Å². The van der Waals surface area contributed by atoms with Gasteiger partial charge in [0.1, 0.15) is 5.82 Å². The van der Waals surface area contributed by atoms with Crippen LogP contribution in [0.2, 0.25) is 0 Å². The quantitative estimate of drug-likeness (QED) is 0.623. The van der Waals surface area contributed by atoms with Crippen LogP contribution in [-0.4, -0.2) is 37.4 Å². The van der Waals surface area contributed by atoms with Gasteiger partial charge >= 0.3 is 0 Å². The standard InChI is InChI=1S/C10H18N4O3S/c1-7(2)10(15)11-4-5-13-18(16,17)9-6-12-8(3)14-9/h6-7,13H,4-5H2,1-3H3,(H,11,15)(H,12,14). The van der Waals surface area contributed by atoms with E-state index in [9.17, 15) is 13.2 Å². The van der Waals surface area contributed by atoms with Crippen molar-refractivity contribution in [1.29, 1.82) is 0 Å². The van der Waals surface area contributed by atoms with E-state index in [0.717, 1.165) is 0 Å². The van der Waals surface area contributed by atoms with Gasteiger partial charge in [-0.1, -0.05) is 13.8 Å². The van der Waals surface area contributed by atoms with Crippen LogP contribution in [-0.2, 0) is 14.8 Å². The van der Waals surface area contributed by atoms with E-state index in [1.807, 2.05) is 0 Å². The lowest BCUT2D eigenvalue weighted by Crippen LogP contribution is -2.36. The van der Waals surface area contributed by atoms with E-state index in [-0.39, 0.29) is 29.9 Å². The van der Waals surface area contributed by atoms with Crippen molar-refractivity contribution in [2.45, 2.75) is 25.8 Å². The summed E-state index contributed by atoms with van der Waals surface area (Å²) in [5.74, 6) is 0.312. The minimum Gasteiger partial charge on any atom is -0.355 e. The summed E-state index contributed by atoms with van der Waals surface area (Å²) in [5, 5.41) is 2.64. The summed E-state index contributed by atoms with van der Waals surface area (Å²) < 4.78 is 25.8. The summed E-state index contributed by atoms with van der Waals surface area (Å²) >= 11 is 0. The van der Waals surface area contributed by atoms with Crippen LogP contribution in [0.4, 0.5) is 0 Å². The van der Waals surface area contributed by atoms with Crippen LogP contribution in [0.5, 0.6) is 0 Å². The van der Waals surface area contributed by atoms with Crippen molar-refractivity contribution < 1.29 is 13.2 Å². The Morgan fingerprint density at radius 2 is 2.11 bits per heavy atom. The molecule has 0 saturated carbocycles. The molecule has 1 aromatic heterocycles. The highest BCUT2D eigenvalue weighted by atomic mass is 32.2. The highest BCUT2D eigenvalue weighted by Gasteiger charge is 2.15. The molecule has 18 heavy (non-hydrogen) atoms. The minimum atomic E-state index is -3.58. The molecule has 7 nitrogen and oxygen atoms in total. The number of hydrogen-bond acceptors (Lipinski definition) is 4. The van der Waals surface area contributed by atoms with Crippen LogP contribution >= 0.6 is 0 Å². The van der Waals surface area contributed by atoms with E-state index in [0.29, 0.717) is 5.82 Å². The van der Waals surface area contributed by atoms with Crippen molar-refractivity contribution in [2.24, 2.45) is 5.92 Å². The van der Waals surface area contributed by atoms with E-state index >= 15 is 0 Å². The Morgan fingerprint density at radius 1 is 1.44 bits per heavy atom. The van der Waals surface area contributed by atoms with E-state index in [1.54, 1.807) is 20.8 Å². The molecule has 0 aliphatic rings. The highest BCUT2D eigenvalue weighted by molar-refractivity contribution is 7.89. The second kappa shape index (κ2) is 5.96. The first kappa shape index (κ1) is 14.7. The molecule has 102 valence electrons. The number of aromatic nitrogens is 2. The van der Waals surface area contributed by atoms with E-state index in [2.05, 4.69) is 20.0 Å². The smallest absolute Gasteiger partial charge is 0.257 e. The number of aryl methyl sites for hydroxylation is 1. The molecule has 0 aliphatic carbocycles. The molecule has 1 aromatic rings. The molecule has 0 atom stereocenters. The summed E-state index contributed by atoms with van der Waals surface area (Å²) in [4.78, 5) is 17.7. The Kier molecular flexibility index (Phi) is 4.85. The third-order valence-corrected chi connectivity index (χ3v) is 3.58. The molecule has 8 heteroatoms. The molecule has 0 spiro atoms. The van der Waals surface area contributed by atoms with Gasteiger partial charge in [-0.15, -0.1) is 0 Å². The van der Waals surface area contributed by atoms with E-state index in [1.165, 1.54) is 6.20 Å². The highest BCUT2D eigenvalue weighted by Crippen LogP contribution is 2.03. The fraction of sp³-hybridized carbons (Fsp3) is 0.600. The van der Waals surface area contributed by atoms with Crippen molar-refractivity contribution in [1.82, 2.24) is 20.0 Å². The first-order valence-electron chi connectivity index (χ1n) is 5.62. The van der Waals surface area contributed by atoms with Crippen molar-refractivity contribution in [2.75, 3.05) is 13.1 Å². The number of nitrogens with zero attached hydrogens (tertiary/aromatic N) is 1. The largest absolute Gasteiger partial charge is 0.355 e. The summed E-state index contributed by atoms with van der Waals surface area (Å²) in [6.45, 7) is 5.60. The average Bonchev–Trinajstić information content (AvgIpc) is 2.71. The van der Waals surface area contributed by atoms with Gasteiger partial charge in [-0.05, 0) is 6.92 Å². The van der Waals surface area contributed by atoms with Crippen molar-refractivity contribution in [3.8, 4) is 0 Å². The molecule has 0 unspecified atom stereocenters. The Balaban J connectivity index is 2.42. The number of amides is 1. The normalized spacial score (nSPS) is 11.8. The van der Waals surface area contributed by atoms with Gasteiger partial charge in [0.05, 0.1) is 6.20 Å². The van der Waals surface area contributed by atoms with Gasteiger partial charge in [0.2, 0.25) is 5.91 Å². The molecule has 0 fully saturated rings. The van der Waals surface area contributed by atoms with Crippen LogP contribution in [0.3, 0.4) is 0 Å². The molecule has 1 heterocycles. The molecular weight excluding hydrogens is 256 g/mol. The maximum Gasteiger partial charge on any atom is 0.257 e. The van der Waals surface area contributed by atoms with Crippen LogP contribution in [0.25, 0.3) is 0 Å². The Bertz CT molecular complexity index is 507. The van der Waals surface area contributed by atoms with Gasteiger partial charge < -0.3 is 10.3 Å². The second-order valence-corrected chi connectivity index (χ2v) is 5.91. The van der Waals surface area contributed by atoms with Gasteiger partial charge in [-0.3, -0.25) is 4.79 Å². The number of H-pyrrole nitrogens is 1. The summed E-state index contributed by atoms with van der Waals surface area (Å²) in [6, 6.07) is 0. The lowest BCUT2D eigenvalue weighted by Gasteiger charge is -2.08. The number of carbonyl (C=O) groups excluding carboxylic acids is 1. The third kappa shape index (κ3) is 4.11. The first-order chi connectivity index (χ1) is 8.33. The van der Waals surface area contributed by atoms with Crippen molar-refractivity contribution in [3.05, 3.63) is 12.0 Å². The first-order valence-corrected chi connectivity index (χ1v) is 7.10. The monoisotopic (exact) mass is 274 g/mol. The van der Waals surface area contributed by atoms with Crippen molar-refractivity contribution >= 4 is 15.9 Å². The lowest BCUT2D eigenvalue weighted by atomic mass is 10.2. The summed E-state index contributed by atoms with van der Waals surface area (Å²) in [5.41, 5.74) is 0. The zero-order chi connectivity index (χ0) is 13.8. The number of rotatable bonds is 6. The van der Waals surface area contributed by atoms with Crippen LogP contribution in [0, 0.1) is 12.8 Å². The van der Waals surface area contributed by atoms with Gasteiger partial charge in [0.15, 0.2) is 5.03 Å². The predicted octanol–water partition coefficient (Wildman–Crippen LogP) is -0.231. The maximum absolute atomic E-state index is 11.7. The fourth-order valence-electron chi connectivity index (χ4n) is 1.19. The molecule has 0 bridgehead atoms. The molecule has 0 radical (unpaired) electrons. The van der Waals surface area contributed by atoms with Crippen LogP contribution in [0.1, 0.15) is 19.7 Å². The summed E-state index contributed by atoms with van der Waals surface area (Å²) in [7, 11) is -3.58.